The van der Waals surface area contributed by atoms with E-state index >= 15 is 0 Å². The van der Waals surface area contributed by atoms with E-state index in [1.807, 2.05) is 0 Å². The normalized spacial score (nSPS) is 15.8. The van der Waals surface area contributed by atoms with Crippen molar-refractivity contribution in [1.29, 1.82) is 0 Å². The van der Waals surface area contributed by atoms with E-state index in [9.17, 15) is 4.39 Å². The first-order valence-electron chi connectivity index (χ1n) is 9.98. The van der Waals surface area contributed by atoms with Gasteiger partial charge >= 0.3 is 0 Å². The number of thiophene rings is 1. The molecule has 0 aliphatic carbocycles. The maximum Gasteiger partial charge on any atom is 0.169 e. The molecule has 1 atom stereocenters. The van der Waals surface area contributed by atoms with Crippen LogP contribution in [0.5, 0.6) is 5.75 Å². The highest BCUT2D eigenvalue weighted by molar-refractivity contribution is 7.18. The Balaban J connectivity index is 1.35. The van der Waals surface area contributed by atoms with Crippen molar-refractivity contribution in [3.05, 3.63) is 82.2 Å². The van der Waals surface area contributed by atoms with E-state index in [0.717, 1.165) is 36.3 Å². The molecule has 0 fully saturated rings. The van der Waals surface area contributed by atoms with Crippen molar-refractivity contribution < 1.29 is 14.0 Å². The molecule has 0 spiro atoms. The van der Waals surface area contributed by atoms with Gasteiger partial charge in [-0.2, -0.15) is 0 Å². The molecule has 30 heavy (non-hydrogen) atoms. The van der Waals surface area contributed by atoms with Gasteiger partial charge in [-0.05, 0) is 29.8 Å². The van der Waals surface area contributed by atoms with Crippen LogP contribution in [0.25, 0.3) is 10.2 Å². The fraction of sp³-hybridized carbons (Fsp3) is 0.217. The maximum absolute atomic E-state index is 13.0. The average molecular weight is 422 g/mol. The summed E-state index contributed by atoms with van der Waals surface area (Å²) in [6.45, 7) is 3.26. The van der Waals surface area contributed by atoms with Gasteiger partial charge in [0.2, 0.25) is 0 Å². The van der Waals surface area contributed by atoms with Crippen LogP contribution in [0, 0.1) is 5.82 Å². The predicted molar refractivity (Wildman–Crippen MR) is 116 cm³/mol. The number of anilines is 1. The van der Waals surface area contributed by atoms with Crippen molar-refractivity contribution >= 4 is 27.4 Å². The predicted octanol–water partition coefficient (Wildman–Crippen LogP) is 3.13. The fourth-order valence-electron chi connectivity index (χ4n) is 3.98. The molecule has 152 valence electrons. The number of hydrogen-bond donors (Lipinski definition) is 2. The molecule has 0 radical (unpaired) electrons. The number of hydrogen-bond acceptors (Lipinski definition) is 5. The number of quaternary nitrogens is 1. The first kappa shape index (κ1) is 19.0. The zero-order valence-electron chi connectivity index (χ0n) is 16.4. The zero-order valence-corrected chi connectivity index (χ0v) is 17.2. The lowest BCUT2D eigenvalue weighted by molar-refractivity contribution is -0.929. The first-order chi connectivity index (χ1) is 14.7. The van der Waals surface area contributed by atoms with Crippen LogP contribution in [0.15, 0.2) is 54.6 Å². The minimum Gasteiger partial charge on any atom is -0.486 e. The minimum absolute atomic E-state index is 0.194. The molecule has 2 aromatic heterocycles. The van der Waals surface area contributed by atoms with Gasteiger partial charge in [-0.3, -0.25) is 0 Å². The molecule has 1 aliphatic heterocycles. The van der Waals surface area contributed by atoms with Crippen molar-refractivity contribution in [2.75, 3.05) is 12.3 Å². The lowest BCUT2D eigenvalue weighted by Gasteiger charge is -2.24. The van der Waals surface area contributed by atoms with Crippen LogP contribution in [0.4, 0.5) is 10.2 Å². The van der Waals surface area contributed by atoms with Gasteiger partial charge in [0.1, 0.15) is 41.9 Å². The van der Waals surface area contributed by atoms with Gasteiger partial charge in [-0.25, -0.2) is 14.4 Å². The van der Waals surface area contributed by atoms with Gasteiger partial charge in [0.05, 0.1) is 16.8 Å². The van der Waals surface area contributed by atoms with Crippen LogP contribution in [-0.2, 0) is 26.1 Å². The van der Waals surface area contributed by atoms with Crippen LogP contribution < -0.4 is 15.4 Å². The summed E-state index contributed by atoms with van der Waals surface area (Å²) in [5, 5.41) is 0.999. The Morgan fingerprint density at radius 2 is 1.87 bits per heavy atom. The number of nitrogens with two attached hydrogens (primary N) is 1. The monoisotopic (exact) mass is 421 g/mol. The van der Waals surface area contributed by atoms with Gasteiger partial charge in [-0.1, -0.05) is 30.3 Å². The quantitative estimate of drug-likeness (QED) is 0.520. The van der Waals surface area contributed by atoms with Gasteiger partial charge < -0.3 is 15.4 Å². The number of halogens is 1. The number of nitrogen functional groups attached to an aromatic ring is 1. The Kier molecular flexibility index (Phi) is 5.06. The van der Waals surface area contributed by atoms with Crippen molar-refractivity contribution in [1.82, 2.24) is 9.97 Å². The van der Waals surface area contributed by atoms with Crippen LogP contribution in [0.3, 0.4) is 0 Å². The molecule has 3 heterocycles. The maximum atomic E-state index is 13.0. The minimum atomic E-state index is -0.295. The molecule has 3 N–H and O–H groups in total. The van der Waals surface area contributed by atoms with E-state index in [0.29, 0.717) is 17.4 Å². The van der Waals surface area contributed by atoms with Crippen molar-refractivity contribution in [2.24, 2.45) is 0 Å². The second-order valence-electron chi connectivity index (χ2n) is 7.54. The van der Waals surface area contributed by atoms with Gasteiger partial charge in [0, 0.05) is 12.0 Å². The van der Waals surface area contributed by atoms with Crippen LogP contribution in [0.2, 0.25) is 0 Å². The number of nitrogens with zero attached hydrogens (tertiary/aromatic N) is 2. The Hall–Kier alpha value is -3.03. The second kappa shape index (κ2) is 8.01. The molecule has 4 aromatic rings. The Bertz CT molecular complexity index is 1180. The zero-order chi connectivity index (χ0) is 20.5. The van der Waals surface area contributed by atoms with E-state index in [1.54, 1.807) is 28.4 Å². The summed E-state index contributed by atoms with van der Waals surface area (Å²) in [5.74, 6) is 1.33. The van der Waals surface area contributed by atoms with Gasteiger partial charge in [0.15, 0.2) is 5.82 Å². The molecule has 0 saturated carbocycles. The lowest BCUT2D eigenvalue weighted by Crippen LogP contribution is -3.10. The average Bonchev–Trinajstić information content (AvgIpc) is 3.12. The molecule has 2 aromatic carbocycles. The molecule has 1 unspecified atom stereocenters. The number of aromatic nitrogens is 2. The van der Waals surface area contributed by atoms with Crippen LogP contribution in [0.1, 0.15) is 21.8 Å². The van der Waals surface area contributed by atoms with Crippen molar-refractivity contribution in [3.8, 4) is 5.75 Å². The Morgan fingerprint density at radius 3 is 2.67 bits per heavy atom. The standard InChI is InChI=1S/C23H21FN4OS/c24-16-6-8-17(9-7-16)29-14-20-26-22(25)21-18-10-11-28(12-15-4-2-1-3-5-15)13-19(18)30-23(21)27-20/h1-9H,10-14H2,(H2,25,26,27)/p+1. The number of nitrogens with one attached hydrogen (secondary N) is 1. The van der Waals surface area contributed by atoms with Crippen molar-refractivity contribution in [2.45, 2.75) is 26.1 Å². The van der Waals surface area contributed by atoms with E-state index in [2.05, 4.69) is 35.3 Å². The summed E-state index contributed by atoms with van der Waals surface area (Å²) >= 11 is 1.71. The number of ether oxygens (including phenoxy) is 1. The second-order valence-corrected chi connectivity index (χ2v) is 8.62. The summed E-state index contributed by atoms with van der Waals surface area (Å²) < 4.78 is 18.7. The fourth-order valence-corrected chi connectivity index (χ4v) is 5.30. The Morgan fingerprint density at radius 1 is 1.07 bits per heavy atom. The molecule has 0 amide bonds. The number of fused-ring (bicyclic) bond motifs is 3. The summed E-state index contributed by atoms with van der Waals surface area (Å²) in [6.07, 6.45) is 0.983. The highest BCUT2D eigenvalue weighted by atomic mass is 32.1. The topological polar surface area (TPSA) is 65.5 Å². The van der Waals surface area contributed by atoms with Gasteiger partial charge in [-0.15, -0.1) is 11.3 Å². The first-order valence-corrected chi connectivity index (χ1v) is 10.8. The van der Waals surface area contributed by atoms with Crippen molar-refractivity contribution in [3.63, 3.8) is 0 Å². The molecule has 0 saturated heterocycles. The summed E-state index contributed by atoms with van der Waals surface area (Å²) in [5.41, 5.74) is 8.98. The third-order valence-corrected chi connectivity index (χ3v) is 6.55. The number of rotatable bonds is 5. The third-order valence-electron chi connectivity index (χ3n) is 5.43. The summed E-state index contributed by atoms with van der Waals surface area (Å²) in [6, 6.07) is 16.5. The molecule has 0 bridgehead atoms. The van der Waals surface area contributed by atoms with Gasteiger partial charge in [0.25, 0.3) is 0 Å². The molecule has 7 heteroatoms. The van der Waals surface area contributed by atoms with E-state index in [-0.39, 0.29) is 12.4 Å². The molecule has 5 nitrogen and oxygen atoms in total. The van der Waals surface area contributed by atoms with E-state index < -0.39 is 0 Å². The van der Waals surface area contributed by atoms with Crippen LogP contribution in [-0.4, -0.2) is 16.5 Å². The lowest BCUT2D eigenvalue weighted by atomic mass is 10.0. The Labute approximate surface area is 178 Å². The SMILES string of the molecule is Nc1nc(COc2ccc(F)cc2)nc2sc3c(c12)CC[NH+](Cc1ccccc1)C3. The smallest absolute Gasteiger partial charge is 0.169 e. The van der Waals surface area contributed by atoms with E-state index in [4.69, 9.17) is 15.5 Å². The van der Waals surface area contributed by atoms with Crippen LogP contribution >= 0.6 is 11.3 Å². The number of benzene rings is 2. The highest BCUT2D eigenvalue weighted by Crippen LogP contribution is 2.34. The summed E-state index contributed by atoms with van der Waals surface area (Å²) in [7, 11) is 0. The molecular weight excluding hydrogens is 399 g/mol. The van der Waals surface area contributed by atoms with E-state index in [1.165, 1.54) is 28.1 Å². The highest BCUT2D eigenvalue weighted by Gasteiger charge is 2.26. The molecule has 5 rings (SSSR count). The molecular formula is C23H22FN4OS+. The largest absolute Gasteiger partial charge is 0.486 e. The molecule has 1 aliphatic rings. The third kappa shape index (κ3) is 3.86. The summed E-state index contributed by atoms with van der Waals surface area (Å²) in [4.78, 5) is 13.0.